The van der Waals surface area contributed by atoms with Gasteiger partial charge in [0.25, 0.3) is 5.56 Å². The Balaban J connectivity index is 2.39. The predicted octanol–water partition coefficient (Wildman–Crippen LogP) is -0.466. The Morgan fingerprint density at radius 3 is 2.70 bits per heavy atom. The van der Waals surface area contributed by atoms with E-state index in [9.17, 15) is 19.5 Å². The van der Waals surface area contributed by atoms with E-state index in [1.165, 1.54) is 14.1 Å². The number of rotatable bonds is 3. The number of aryl methyl sites for hydroxylation is 1. The summed E-state index contributed by atoms with van der Waals surface area (Å²) < 4.78 is 2.00. The summed E-state index contributed by atoms with van der Waals surface area (Å²) in [5.41, 5.74) is -2.00. The predicted molar refractivity (Wildman–Crippen MR) is 71.7 cm³/mol. The zero-order valence-electron chi connectivity index (χ0n) is 11.7. The van der Waals surface area contributed by atoms with Crippen molar-refractivity contribution in [2.75, 3.05) is 5.32 Å². The minimum Gasteiger partial charge on any atom is -0.481 e. The van der Waals surface area contributed by atoms with Crippen LogP contribution in [0.1, 0.15) is 26.2 Å². The number of nitrogens with zero attached hydrogens (tertiary/aromatic N) is 3. The van der Waals surface area contributed by atoms with Gasteiger partial charge in [0.1, 0.15) is 0 Å². The van der Waals surface area contributed by atoms with E-state index in [-0.39, 0.29) is 11.9 Å². The van der Waals surface area contributed by atoms with Crippen LogP contribution in [-0.2, 0) is 18.9 Å². The van der Waals surface area contributed by atoms with Crippen LogP contribution in [0.5, 0.6) is 0 Å². The molecule has 2 rings (SSSR count). The first-order chi connectivity index (χ1) is 9.27. The molecule has 20 heavy (non-hydrogen) atoms. The summed E-state index contributed by atoms with van der Waals surface area (Å²) in [4.78, 5) is 34.9. The zero-order chi connectivity index (χ0) is 15.1. The van der Waals surface area contributed by atoms with Crippen molar-refractivity contribution >= 4 is 11.8 Å². The number of anilines is 1. The second kappa shape index (κ2) is 4.77. The highest BCUT2D eigenvalue weighted by Crippen LogP contribution is 2.39. The van der Waals surface area contributed by atoms with Crippen molar-refractivity contribution in [2.45, 2.75) is 32.2 Å². The average Bonchev–Trinajstić information content (AvgIpc) is 2.76. The van der Waals surface area contributed by atoms with Gasteiger partial charge in [-0.1, -0.05) is 6.42 Å². The van der Waals surface area contributed by atoms with Crippen LogP contribution in [-0.4, -0.2) is 31.5 Å². The Hall–Kier alpha value is -2.12. The molecular weight excluding hydrogens is 264 g/mol. The van der Waals surface area contributed by atoms with Crippen LogP contribution < -0.4 is 16.6 Å². The van der Waals surface area contributed by atoms with Gasteiger partial charge in [-0.2, -0.15) is 0 Å². The number of carboxylic acids is 1. The molecule has 1 aromatic heterocycles. The molecule has 2 atom stereocenters. The minimum absolute atomic E-state index is 0.00831. The molecule has 0 amide bonds. The Morgan fingerprint density at radius 2 is 2.10 bits per heavy atom. The molecule has 1 heterocycles. The summed E-state index contributed by atoms with van der Waals surface area (Å²) in [6, 6.07) is -0.377. The van der Waals surface area contributed by atoms with Crippen LogP contribution in [0.3, 0.4) is 0 Å². The summed E-state index contributed by atoms with van der Waals surface area (Å²) in [6.07, 6.45) is 1.97. The SMILES string of the molecule is Cn1nc(NC2CCCC2(C)C(=O)O)c(=O)n(C)c1=O. The molecular formula is C12H18N4O4. The molecule has 1 aliphatic rings. The number of carbonyl (C=O) groups is 1. The molecule has 8 heteroatoms. The number of hydrogen-bond acceptors (Lipinski definition) is 5. The van der Waals surface area contributed by atoms with Crippen molar-refractivity contribution in [1.82, 2.24) is 14.3 Å². The second-order valence-electron chi connectivity index (χ2n) is 5.43. The van der Waals surface area contributed by atoms with Crippen molar-refractivity contribution in [3.8, 4) is 0 Å². The Morgan fingerprint density at radius 1 is 1.45 bits per heavy atom. The van der Waals surface area contributed by atoms with E-state index in [2.05, 4.69) is 10.4 Å². The van der Waals surface area contributed by atoms with Gasteiger partial charge in [0.15, 0.2) is 0 Å². The highest BCUT2D eigenvalue weighted by atomic mass is 16.4. The van der Waals surface area contributed by atoms with Crippen molar-refractivity contribution in [3.05, 3.63) is 20.8 Å². The molecule has 0 saturated heterocycles. The molecule has 0 spiro atoms. The summed E-state index contributed by atoms with van der Waals surface area (Å²) in [5.74, 6) is -0.886. The lowest BCUT2D eigenvalue weighted by atomic mass is 9.85. The lowest BCUT2D eigenvalue weighted by molar-refractivity contribution is -0.147. The number of hydrogen-bond donors (Lipinski definition) is 2. The molecule has 0 radical (unpaired) electrons. The van der Waals surface area contributed by atoms with Gasteiger partial charge in [-0.25, -0.2) is 9.48 Å². The first kappa shape index (κ1) is 14.3. The van der Waals surface area contributed by atoms with Gasteiger partial charge in [0.05, 0.1) is 5.41 Å². The topological polar surface area (TPSA) is 106 Å². The standard InChI is InChI=1S/C12H18N4O4/c1-12(10(18)19)6-4-5-7(12)13-8-9(17)15(2)11(20)16(3)14-8/h7H,4-6H2,1-3H3,(H,13,14)(H,18,19). The molecule has 2 unspecified atom stereocenters. The minimum atomic E-state index is -0.929. The normalized spacial score (nSPS) is 25.6. The summed E-state index contributed by atoms with van der Waals surface area (Å²) >= 11 is 0. The zero-order valence-corrected chi connectivity index (χ0v) is 11.7. The third-order valence-corrected chi connectivity index (χ3v) is 4.08. The maximum Gasteiger partial charge on any atom is 0.346 e. The maximum atomic E-state index is 12.0. The molecule has 1 saturated carbocycles. The van der Waals surface area contributed by atoms with Gasteiger partial charge < -0.3 is 10.4 Å². The van der Waals surface area contributed by atoms with E-state index in [1.807, 2.05) is 0 Å². The lowest BCUT2D eigenvalue weighted by Gasteiger charge is -2.27. The van der Waals surface area contributed by atoms with E-state index in [1.54, 1.807) is 6.92 Å². The second-order valence-corrected chi connectivity index (χ2v) is 5.43. The van der Waals surface area contributed by atoms with Crippen molar-refractivity contribution in [2.24, 2.45) is 19.5 Å². The quantitative estimate of drug-likeness (QED) is 0.776. The molecule has 0 aromatic carbocycles. The van der Waals surface area contributed by atoms with E-state index in [0.29, 0.717) is 12.8 Å². The monoisotopic (exact) mass is 282 g/mol. The van der Waals surface area contributed by atoms with Gasteiger partial charge in [-0.15, -0.1) is 5.10 Å². The molecule has 1 aliphatic carbocycles. The molecule has 1 aromatic rings. The molecule has 0 bridgehead atoms. The largest absolute Gasteiger partial charge is 0.481 e. The van der Waals surface area contributed by atoms with E-state index < -0.39 is 22.6 Å². The summed E-state index contributed by atoms with van der Waals surface area (Å²) in [6.45, 7) is 1.66. The first-order valence-corrected chi connectivity index (χ1v) is 6.41. The number of aromatic nitrogens is 3. The van der Waals surface area contributed by atoms with Crippen molar-refractivity contribution in [3.63, 3.8) is 0 Å². The van der Waals surface area contributed by atoms with Crippen LogP contribution in [0.25, 0.3) is 0 Å². The van der Waals surface area contributed by atoms with E-state index >= 15 is 0 Å². The van der Waals surface area contributed by atoms with Gasteiger partial charge >= 0.3 is 11.7 Å². The summed E-state index contributed by atoms with van der Waals surface area (Å²) in [5, 5.41) is 16.1. The van der Waals surface area contributed by atoms with Crippen molar-refractivity contribution in [1.29, 1.82) is 0 Å². The van der Waals surface area contributed by atoms with Crippen molar-refractivity contribution < 1.29 is 9.90 Å². The molecule has 2 N–H and O–H groups in total. The molecule has 1 fully saturated rings. The molecule has 0 aliphatic heterocycles. The molecule has 8 nitrogen and oxygen atoms in total. The third-order valence-electron chi connectivity index (χ3n) is 4.08. The first-order valence-electron chi connectivity index (χ1n) is 6.41. The third kappa shape index (κ3) is 2.10. The lowest BCUT2D eigenvalue weighted by Crippen LogP contribution is -2.45. The van der Waals surface area contributed by atoms with Gasteiger partial charge in [-0.05, 0) is 19.8 Å². The Labute approximate surface area is 115 Å². The van der Waals surface area contributed by atoms with Crippen LogP contribution in [0.2, 0.25) is 0 Å². The van der Waals surface area contributed by atoms with Gasteiger partial charge in [0, 0.05) is 20.1 Å². The smallest absolute Gasteiger partial charge is 0.346 e. The van der Waals surface area contributed by atoms with E-state index in [0.717, 1.165) is 15.7 Å². The number of aliphatic carboxylic acids is 1. The fraction of sp³-hybridized carbons (Fsp3) is 0.667. The van der Waals surface area contributed by atoms with Crippen LogP contribution >= 0.6 is 0 Å². The average molecular weight is 282 g/mol. The van der Waals surface area contributed by atoms with Crippen LogP contribution in [0, 0.1) is 5.41 Å². The van der Waals surface area contributed by atoms with Gasteiger partial charge in [-0.3, -0.25) is 14.2 Å². The van der Waals surface area contributed by atoms with Crippen LogP contribution in [0.15, 0.2) is 9.59 Å². The van der Waals surface area contributed by atoms with E-state index in [4.69, 9.17) is 0 Å². The number of carboxylic acid groups (broad SMARTS) is 1. The highest BCUT2D eigenvalue weighted by molar-refractivity contribution is 5.76. The van der Waals surface area contributed by atoms with Crippen LogP contribution in [0.4, 0.5) is 5.82 Å². The Kier molecular flexibility index (Phi) is 3.41. The number of nitrogens with one attached hydrogen (secondary N) is 1. The Bertz CT molecular complexity index is 662. The summed E-state index contributed by atoms with van der Waals surface area (Å²) in [7, 11) is 2.81. The molecule has 110 valence electrons. The highest BCUT2D eigenvalue weighted by Gasteiger charge is 2.45. The maximum absolute atomic E-state index is 12.0. The fourth-order valence-electron chi connectivity index (χ4n) is 2.61. The fourth-order valence-corrected chi connectivity index (χ4v) is 2.61. The van der Waals surface area contributed by atoms with Gasteiger partial charge in [0.2, 0.25) is 5.82 Å².